The lowest BCUT2D eigenvalue weighted by Gasteiger charge is -2.27. The molecule has 8 heteroatoms. The van der Waals surface area contributed by atoms with Gasteiger partial charge in [-0.15, -0.1) is 0 Å². The highest BCUT2D eigenvalue weighted by molar-refractivity contribution is 6.05. The van der Waals surface area contributed by atoms with Gasteiger partial charge in [-0.2, -0.15) is 0 Å². The number of allylic oxidation sites excluding steroid dienone is 3. The third kappa shape index (κ3) is 6.23. The van der Waals surface area contributed by atoms with Crippen molar-refractivity contribution in [3.8, 4) is 0 Å². The Bertz CT molecular complexity index is 819. The fraction of sp³-hybridized carbons (Fsp3) is 0.381. The summed E-state index contributed by atoms with van der Waals surface area (Å²) in [5.74, 6) is -3.90. The van der Waals surface area contributed by atoms with E-state index in [0.717, 1.165) is 0 Å². The normalized spacial score (nSPS) is 11.7. The van der Waals surface area contributed by atoms with Gasteiger partial charge in [-0.05, 0) is 31.6 Å². The van der Waals surface area contributed by atoms with Crippen molar-refractivity contribution in [2.45, 2.75) is 39.5 Å². The molecule has 1 aromatic rings. The van der Waals surface area contributed by atoms with Crippen molar-refractivity contribution in [2.24, 2.45) is 5.73 Å². The van der Waals surface area contributed by atoms with Crippen LogP contribution in [0.4, 0.5) is 14.6 Å². The maximum atomic E-state index is 13.8. The summed E-state index contributed by atoms with van der Waals surface area (Å²) in [6, 6.07) is 0. The zero-order valence-electron chi connectivity index (χ0n) is 17.1. The van der Waals surface area contributed by atoms with Gasteiger partial charge in [0, 0.05) is 37.8 Å². The van der Waals surface area contributed by atoms with Crippen LogP contribution in [-0.4, -0.2) is 35.8 Å². The second-order valence-electron chi connectivity index (χ2n) is 6.41. The Morgan fingerprint density at radius 1 is 1.34 bits per heavy atom. The van der Waals surface area contributed by atoms with E-state index in [1.54, 1.807) is 24.8 Å². The maximum Gasteiger partial charge on any atom is 0.259 e. The number of hydrogen-bond acceptors (Lipinski definition) is 4. The molecule has 0 fully saturated rings. The van der Waals surface area contributed by atoms with E-state index >= 15 is 0 Å². The SMILES string of the molecule is C=C/C=C(\C=C)NC(=O)c1c(N(CC)CCC(F)(F)CC)ncc(C(N)=O)c1C. The fourth-order valence-electron chi connectivity index (χ4n) is 2.72. The number of pyridine rings is 1. The van der Waals surface area contributed by atoms with E-state index in [2.05, 4.69) is 23.5 Å². The molecule has 158 valence electrons. The summed E-state index contributed by atoms with van der Waals surface area (Å²) in [4.78, 5) is 30.5. The van der Waals surface area contributed by atoms with E-state index in [1.165, 1.54) is 25.3 Å². The predicted octanol–water partition coefficient (Wildman–Crippen LogP) is 3.74. The minimum atomic E-state index is -2.82. The Morgan fingerprint density at radius 2 is 2.00 bits per heavy atom. The number of primary amides is 1. The molecule has 0 unspecified atom stereocenters. The molecule has 0 atom stereocenters. The smallest absolute Gasteiger partial charge is 0.259 e. The molecule has 6 nitrogen and oxygen atoms in total. The zero-order chi connectivity index (χ0) is 22.2. The number of anilines is 1. The molecule has 1 heterocycles. The standard InChI is InChI=1S/C21H28F2N4O2/c1-6-10-15(7-2)26-20(29)17-14(5)16(18(24)28)13-25-19(17)27(9-4)12-11-21(22,23)8-3/h6-7,10,13H,1-2,8-9,11-12H2,3-5H3,(H2,24,28)(H,26,29)/b15-10+. The van der Waals surface area contributed by atoms with Gasteiger partial charge in [0.2, 0.25) is 5.92 Å². The quantitative estimate of drug-likeness (QED) is 0.548. The van der Waals surface area contributed by atoms with Crippen molar-refractivity contribution in [2.75, 3.05) is 18.0 Å². The number of nitrogens with two attached hydrogens (primary N) is 1. The van der Waals surface area contributed by atoms with Crippen LogP contribution in [-0.2, 0) is 0 Å². The van der Waals surface area contributed by atoms with Gasteiger partial charge >= 0.3 is 0 Å². The number of nitrogens with one attached hydrogen (secondary N) is 1. The molecule has 0 bridgehead atoms. The highest BCUT2D eigenvalue weighted by atomic mass is 19.3. The second-order valence-corrected chi connectivity index (χ2v) is 6.41. The van der Waals surface area contributed by atoms with E-state index in [1.807, 2.05) is 0 Å². The number of nitrogens with zero attached hydrogens (tertiary/aromatic N) is 2. The van der Waals surface area contributed by atoms with Crippen LogP contribution in [0.25, 0.3) is 0 Å². The molecule has 0 aliphatic carbocycles. The van der Waals surface area contributed by atoms with Crippen molar-refractivity contribution in [1.29, 1.82) is 0 Å². The summed E-state index contributed by atoms with van der Waals surface area (Å²) in [5.41, 5.74) is 6.28. The fourth-order valence-corrected chi connectivity index (χ4v) is 2.72. The lowest BCUT2D eigenvalue weighted by atomic mass is 10.0. The molecule has 3 N–H and O–H groups in total. The van der Waals surface area contributed by atoms with Crippen LogP contribution >= 0.6 is 0 Å². The van der Waals surface area contributed by atoms with Crippen LogP contribution in [0.15, 0.2) is 43.3 Å². The number of alkyl halides is 2. The molecule has 1 rings (SSSR count). The maximum absolute atomic E-state index is 13.8. The molecule has 0 saturated carbocycles. The summed E-state index contributed by atoms with van der Waals surface area (Å²) < 4.78 is 27.5. The number of carbonyl (C=O) groups is 2. The summed E-state index contributed by atoms with van der Waals surface area (Å²) >= 11 is 0. The van der Waals surface area contributed by atoms with Crippen molar-refractivity contribution < 1.29 is 18.4 Å². The van der Waals surface area contributed by atoms with Crippen LogP contribution < -0.4 is 16.0 Å². The molecule has 0 aliphatic rings. The van der Waals surface area contributed by atoms with Gasteiger partial charge in [0.05, 0.1) is 11.1 Å². The number of halogens is 2. The van der Waals surface area contributed by atoms with E-state index < -0.39 is 17.7 Å². The Kier molecular flexibility index (Phi) is 8.69. The number of rotatable bonds is 11. The topological polar surface area (TPSA) is 88.3 Å². The first-order valence-electron chi connectivity index (χ1n) is 9.30. The van der Waals surface area contributed by atoms with Gasteiger partial charge in [0.15, 0.2) is 0 Å². The van der Waals surface area contributed by atoms with Gasteiger partial charge in [0.25, 0.3) is 11.8 Å². The highest BCUT2D eigenvalue weighted by Gasteiger charge is 2.29. The third-order valence-electron chi connectivity index (χ3n) is 4.53. The first kappa shape index (κ1) is 24.0. The molecule has 29 heavy (non-hydrogen) atoms. The Morgan fingerprint density at radius 3 is 2.48 bits per heavy atom. The molecule has 2 amide bonds. The summed E-state index contributed by atoms with van der Waals surface area (Å²) in [6.45, 7) is 12.3. The first-order valence-corrected chi connectivity index (χ1v) is 9.30. The summed E-state index contributed by atoms with van der Waals surface area (Å²) in [7, 11) is 0. The Balaban J connectivity index is 3.46. The molecule has 0 aliphatic heterocycles. The van der Waals surface area contributed by atoms with Crippen molar-refractivity contribution in [1.82, 2.24) is 10.3 Å². The van der Waals surface area contributed by atoms with E-state index in [-0.39, 0.29) is 36.3 Å². The molecular weight excluding hydrogens is 378 g/mol. The summed E-state index contributed by atoms with van der Waals surface area (Å²) in [6.07, 6.45) is 5.06. The van der Waals surface area contributed by atoms with E-state index in [4.69, 9.17) is 5.73 Å². The molecule has 0 saturated heterocycles. The molecule has 0 spiro atoms. The first-order chi connectivity index (χ1) is 13.6. The van der Waals surface area contributed by atoms with Gasteiger partial charge in [-0.1, -0.05) is 26.2 Å². The van der Waals surface area contributed by atoms with Crippen molar-refractivity contribution in [3.63, 3.8) is 0 Å². The number of carbonyl (C=O) groups excluding carboxylic acids is 2. The van der Waals surface area contributed by atoms with Gasteiger partial charge in [-0.3, -0.25) is 9.59 Å². The van der Waals surface area contributed by atoms with Crippen molar-refractivity contribution in [3.05, 3.63) is 60.0 Å². The van der Waals surface area contributed by atoms with Crippen LogP contribution in [0.3, 0.4) is 0 Å². The Hall–Kier alpha value is -3.03. The van der Waals surface area contributed by atoms with Gasteiger partial charge < -0.3 is 16.0 Å². The number of hydrogen-bond donors (Lipinski definition) is 2. The minimum absolute atomic E-state index is 0.00318. The number of amides is 2. The predicted molar refractivity (Wildman–Crippen MR) is 111 cm³/mol. The zero-order valence-corrected chi connectivity index (χ0v) is 17.1. The van der Waals surface area contributed by atoms with Crippen LogP contribution in [0.1, 0.15) is 53.0 Å². The minimum Gasteiger partial charge on any atom is -0.366 e. The molecular formula is C21H28F2N4O2. The monoisotopic (exact) mass is 406 g/mol. The molecule has 1 aromatic heterocycles. The molecule has 0 radical (unpaired) electrons. The third-order valence-corrected chi connectivity index (χ3v) is 4.53. The second kappa shape index (κ2) is 10.5. The van der Waals surface area contributed by atoms with Crippen LogP contribution in [0, 0.1) is 6.92 Å². The average Bonchev–Trinajstić information content (AvgIpc) is 2.67. The van der Waals surface area contributed by atoms with E-state index in [0.29, 0.717) is 17.8 Å². The lowest BCUT2D eigenvalue weighted by molar-refractivity contribution is -0.00921. The average molecular weight is 406 g/mol. The van der Waals surface area contributed by atoms with Gasteiger partial charge in [0.1, 0.15) is 5.82 Å². The summed E-state index contributed by atoms with van der Waals surface area (Å²) in [5, 5.41) is 2.66. The number of aromatic nitrogens is 1. The van der Waals surface area contributed by atoms with Crippen LogP contribution in [0.2, 0.25) is 0 Å². The highest BCUT2D eigenvalue weighted by Crippen LogP contribution is 2.27. The Labute approximate surface area is 170 Å². The molecule has 0 aromatic carbocycles. The largest absolute Gasteiger partial charge is 0.366 e. The van der Waals surface area contributed by atoms with E-state index in [9.17, 15) is 18.4 Å². The van der Waals surface area contributed by atoms with Crippen LogP contribution in [0.5, 0.6) is 0 Å². The van der Waals surface area contributed by atoms with Gasteiger partial charge in [-0.25, -0.2) is 13.8 Å². The van der Waals surface area contributed by atoms with Crippen molar-refractivity contribution >= 4 is 17.6 Å². The lowest BCUT2D eigenvalue weighted by Crippen LogP contribution is -2.34.